The Hall–Kier alpha value is -1.68. The van der Waals surface area contributed by atoms with Crippen molar-refractivity contribution >= 4 is 17.3 Å². The molecular formula is C12H14ClN3O. The molecule has 0 radical (unpaired) electrons. The first kappa shape index (κ1) is 11.8. The van der Waals surface area contributed by atoms with E-state index in [-0.39, 0.29) is 0 Å². The number of aryl methyl sites for hydroxylation is 1. The number of para-hydroxylation sites is 2. The SMILES string of the molecule is COc1ccccc1NCc1cnn(C)c1Cl. The Morgan fingerprint density at radius 2 is 2.18 bits per heavy atom. The van der Waals surface area contributed by atoms with Gasteiger partial charge in [0, 0.05) is 19.2 Å². The van der Waals surface area contributed by atoms with Crippen LogP contribution in [0.5, 0.6) is 5.75 Å². The Kier molecular flexibility index (Phi) is 3.54. The summed E-state index contributed by atoms with van der Waals surface area (Å²) >= 11 is 6.08. The van der Waals surface area contributed by atoms with Crippen molar-refractivity contribution < 1.29 is 4.74 Å². The van der Waals surface area contributed by atoms with E-state index in [9.17, 15) is 0 Å². The van der Waals surface area contributed by atoms with Crippen LogP contribution < -0.4 is 10.1 Å². The Bertz CT molecular complexity index is 510. The number of aromatic nitrogens is 2. The molecule has 17 heavy (non-hydrogen) atoms. The molecule has 5 heteroatoms. The number of rotatable bonds is 4. The molecule has 0 saturated heterocycles. The van der Waals surface area contributed by atoms with E-state index < -0.39 is 0 Å². The van der Waals surface area contributed by atoms with Crippen LogP contribution in [0.4, 0.5) is 5.69 Å². The van der Waals surface area contributed by atoms with Crippen LogP contribution in [0.15, 0.2) is 30.5 Å². The predicted octanol–water partition coefficient (Wildman–Crippen LogP) is 2.69. The molecule has 0 atom stereocenters. The number of methoxy groups -OCH3 is 1. The number of nitrogens with one attached hydrogen (secondary N) is 1. The highest BCUT2D eigenvalue weighted by Gasteiger charge is 2.06. The monoisotopic (exact) mass is 251 g/mol. The molecule has 2 rings (SSSR count). The lowest BCUT2D eigenvalue weighted by Crippen LogP contribution is -2.01. The Morgan fingerprint density at radius 1 is 1.41 bits per heavy atom. The summed E-state index contributed by atoms with van der Waals surface area (Å²) in [5.41, 5.74) is 1.90. The normalized spacial score (nSPS) is 10.3. The van der Waals surface area contributed by atoms with Gasteiger partial charge in [-0.1, -0.05) is 23.7 Å². The van der Waals surface area contributed by atoms with E-state index in [2.05, 4.69) is 10.4 Å². The molecule has 1 aromatic carbocycles. The van der Waals surface area contributed by atoms with Gasteiger partial charge in [-0.15, -0.1) is 0 Å². The average molecular weight is 252 g/mol. The molecule has 0 aliphatic heterocycles. The van der Waals surface area contributed by atoms with Crippen molar-refractivity contribution in [3.05, 3.63) is 41.2 Å². The van der Waals surface area contributed by atoms with Gasteiger partial charge in [0.25, 0.3) is 0 Å². The molecule has 0 fully saturated rings. The van der Waals surface area contributed by atoms with E-state index >= 15 is 0 Å². The van der Waals surface area contributed by atoms with Crippen LogP contribution in [0, 0.1) is 0 Å². The van der Waals surface area contributed by atoms with E-state index in [4.69, 9.17) is 16.3 Å². The minimum Gasteiger partial charge on any atom is -0.495 e. The highest BCUT2D eigenvalue weighted by Crippen LogP contribution is 2.24. The molecular weight excluding hydrogens is 238 g/mol. The smallest absolute Gasteiger partial charge is 0.141 e. The molecule has 0 aliphatic carbocycles. The van der Waals surface area contributed by atoms with E-state index in [0.29, 0.717) is 11.7 Å². The lowest BCUT2D eigenvalue weighted by molar-refractivity contribution is 0.416. The molecule has 0 saturated carbocycles. The van der Waals surface area contributed by atoms with Gasteiger partial charge in [-0.3, -0.25) is 4.68 Å². The second-order valence-corrected chi connectivity index (χ2v) is 4.00. The molecule has 0 aliphatic rings. The van der Waals surface area contributed by atoms with Crippen molar-refractivity contribution in [3.63, 3.8) is 0 Å². The van der Waals surface area contributed by atoms with Gasteiger partial charge in [-0.2, -0.15) is 5.10 Å². The second-order valence-electron chi connectivity index (χ2n) is 3.64. The summed E-state index contributed by atoms with van der Waals surface area (Å²) in [5.74, 6) is 0.813. The summed E-state index contributed by atoms with van der Waals surface area (Å²) in [5, 5.41) is 8.00. The standard InChI is InChI=1S/C12H14ClN3O/c1-16-12(13)9(8-15-16)7-14-10-5-3-4-6-11(10)17-2/h3-6,8,14H,7H2,1-2H3. The van der Waals surface area contributed by atoms with E-state index in [1.165, 1.54) is 0 Å². The molecule has 0 amide bonds. The van der Waals surface area contributed by atoms with Crippen molar-refractivity contribution in [1.29, 1.82) is 0 Å². The molecule has 2 aromatic rings. The van der Waals surface area contributed by atoms with E-state index in [1.54, 1.807) is 18.0 Å². The number of benzene rings is 1. The van der Waals surface area contributed by atoms with Crippen molar-refractivity contribution in [2.75, 3.05) is 12.4 Å². The van der Waals surface area contributed by atoms with Gasteiger partial charge in [-0.05, 0) is 12.1 Å². The first-order chi connectivity index (χ1) is 8.22. The zero-order chi connectivity index (χ0) is 12.3. The molecule has 4 nitrogen and oxygen atoms in total. The molecule has 0 bridgehead atoms. The number of hydrogen-bond donors (Lipinski definition) is 1. The molecule has 0 unspecified atom stereocenters. The first-order valence-corrected chi connectivity index (χ1v) is 5.63. The molecule has 0 spiro atoms. The molecule has 1 heterocycles. The third-order valence-corrected chi connectivity index (χ3v) is 3.00. The topological polar surface area (TPSA) is 39.1 Å². The largest absolute Gasteiger partial charge is 0.495 e. The Balaban J connectivity index is 2.10. The van der Waals surface area contributed by atoms with Crippen molar-refractivity contribution in [1.82, 2.24) is 9.78 Å². The van der Waals surface area contributed by atoms with Gasteiger partial charge in [0.1, 0.15) is 10.9 Å². The fourth-order valence-electron chi connectivity index (χ4n) is 1.57. The summed E-state index contributed by atoms with van der Waals surface area (Å²) in [4.78, 5) is 0. The van der Waals surface area contributed by atoms with E-state index in [1.807, 2.05) is 31.3 Å². The molecule has 90 valence electrons. The third-order valence-electron chi connectivity index (χ3n) is 2.51. The van der Waals surface area contributed by atoms with Gasteiger partial charge >= 0.3 is 0 Å². The van der Waals surface area contributed by atoms with Crippen LogP contribution >= 0.6 is 11.6 Å². The van der Waals surface area contributed by atoms with Crippen LogP contribution in [0.2, 0.25) is 5.15 Å². The Morgan fingerprint density at radius 3 is 2.82 bits per heavy atom. The number of halogens is 1. The van der Waals surface area contributed by atoms with Crippen LogP contribution in [-0.2, 0) is 13.6 Å². The number of anilines is 1. The fourth-order valence-corrected chi connectivity index (χ4v) is 1.73. The molecule has 1 aromatic heterocycles. The lowest BCUT2D eigenvalue weighted by atomic mass is 10.2. The van der Waals surface area contributed by atoms with Crippen LogP contribution in [0.3, 0.4) is 0 Å². The van der Waals surface area contributed by atoms with Gasteiger partial charge in [0.05, 0.1) is 19.0 Å². The predicted molar refractivity (Wildman–Crippen MR) is 68.5 cm³/mol. The minimum absolute atomic E-state index is 0.618. The average Bonchev–Trinajstić information content (AvgIpc) is 2.68. The van der Waals surface area contributed by atoms with Gasteiger partial charge < -0.3 is 10.1 Å². The van der Waals surface area contributed by atoms with Gasteiger partial charge in [0.2, 0.25) is 0 Å². The van der Waals surface area contributed by atoms with Crippen LogP contribution in [-0.4, -0.2) is 16.9 Å². The third kappa shape index (κ3) is 2.53. The highest BCUT2D eigenvalue weighted by atomic mass is 35.5. The summed E-state index contributed by atoms with van der Waals surface area (Å²) in [6, 6.07) is 7.76. The number of nitrogens with zero attached hydrogens (tertiary/aromatic N) is 2. The maximum Gasteiger partial charge on any atom is 0.141 e. The van der Waals surface area contributed by atoms with Crippen molar-refractivity contribution in [2.24, 2.45) is 7.05 Å². The summed E-state index contributed by atoms with van der Waals surface area (Å²) in [6.45, 7) is 0.618. The zero-order valence-corrected chi connectivity index (χ0v) is 10.5. The van der Waals surface area contributed by atoms with Crippen LogP contribution in [0.25, 0.3) is 0 Å². The lowest BCUT2D eigenvalue weighted by Gasteiger charge is -2.10. The zero-order valence-electron chi connectivity index (χ0n) is 9.77. The van der Waals surface area contributed by atoms with E-state index in [0.717, 1.165) is 17.0 Å². The molecule has 1 N–H and O–H groups in total. The summed E-state index contributed by atoms with van der Waals surface area (Å²) < 4.78 is 6.89. The first-order valence-electron chi connectivity index (χ1n) is 5.25. The number of hydrogen-bond acceptors (Lipinski definition) is 3. The minimum atomic E-state index is 0.618. The van der Waals surface area contributed by atoms with Crippen molar-refractivity contribution in [2.45, 2.75) is 6.54 Å². The second kappa shape index (κ2) is 5.10. The quantitative estimate of drug-likeness (QED) is 0.908. The van der Waals surface area contributed by atoms with Crippen LogP contribution in [0.1, 0.15) is 5.56 Å². The summed E-state index contributed by atoms with van der Waals surface area (Å²) in [6.07, 6.45) is 1.75. The van der Waals surface area contributed by atoms with Crippen molar-refractivity contribution in [3.8, 4) is 5.75 Å². The maximum absolute atomic E-state index is 6.08. The summed E-state index contributed by atoms with van der Waals surface area (Å²) in [7, 11) is 3.46. The highest BCUT2D eigenvalue weighted by molar-refractivity contribution is 6.30. The fraction of sp³-hybridized carbons (Fsp3) is 0.250. The Labute approximate surface area is 105 Å². The van der Waals surface area contributed by atoms with Gasteiger partial charge in [0.15, 0.2) is 0 Å². The number of ether oxygens (including phenoxy) is 1. The maximum atomic E-state index is 6.08. The van der Waals surface area contributed by atoms with Gasteiger partial charge in [-0.25, -0.2) is 0 Å².